The van der Waals surface area contributed by atoms with Crippen LogP contribution >= 0.6 is 0 Å². The molecule has 2 aromatic rings. The molecule has 112 valence electrons. The van der Waals surface area contributed by atoms with Gasteiger partial charge in [0.15, 0.2) is 5.82 Å². The third-order valence-electron chi connectivity index (χ3n) is 3.56. The summed E-state index contributed by atoms with van der Waals surface area (Å²) in [5.41, 5.74) is 0. The second-order valence-corrected chi connectivity index (χ2v) is 5.53. The van der Waals surface area contributed by atoms with Crippen LogP contribution in [0.25, 0.3) is 0 Å². The highest BCUT2D eigenvalue weighted by Crippen LogP contribution is 2.19. The number of aromatic nitrogens is 5. The van der Waals surface area contributed by atoms with Gasteiger partial charge in [0.2, 0.25) is 11.8 Å². The average Bonchev–Trinajstić information content (AvgIpc) is 2.91. The average molecular weight is 288 g/mol. The Labute approximate surface area is 123 Å². The van der Waals surface area contributed by atoms with Crippen molar-refractivity contribution in [1.29, 1.82) is 0 Å². The zero-order chi connectivity index (χ0) is 14.8. The van der Waals surface area contributed by atoms with E-state index in [1.165, 1.54) is 0 Å². The standard InChI is InChI=1S/C14H20N6O/c1-9(2)13-17-11-5-4-10(8-20(11)19-13)16-14-15-7-6-12(18-14)21-3/h6-7,9-10H,4-5,8H2,1-3H3,(H,15,16,18). The van der Waals surface area contributed by atoms with Crippen LogP contribution in [-0.2, 0) is 13.0 Å². The van der Waals surface area contributed by atoms with Gasteiger partial charge in [0, 0.05) is 30.6 Å². The summed E-state index contributed by atoms with van der Waals surface area (Å²) in [6, 6.07) is 1.99. The normalized spacial score (nSPS) is 17.6. The number of hydrogen-bond donors (Lipinski definition) is 1. The number of hydrogen-bond acceptors (Lipinski definition) is 6. The first-order chi connectivity index (χ1) is 10.2. The van der Waals surface area contributed by atoms with E-state index >= 15 is 0 Å². The fraction of sp³-hybridized carbons (Fsp3) is 0.571. The summed E-state index contributed by atoms with van der Waals surface area (Å²) in [4.78, 5) is 13.1. The van der Waals surface area contributed by atoms with Gasteiger partial charge in [0.05, 0.1) is 13.7 Å². The zero-order valence-electron chi connectivity index (χ0n) is 12.6. The third kappa shape index (κ3) is 2.96. The maximum atomic E-state index is 5.11. The van der Waals surface area contributed by atoms with Crippen LogP contribution in [0.2, 0.25) is 0 Å². The van der Waals surface area contributed by atoms with Crippen molar-refractivity contribution in [3.05, 3.63) is 23.9 Å². The summed E-state index contributed by atoms with van der Waals surface area (Å²) in [5, 5.41) is 7.92. The predicted octanol–water partition coefficient (Wildman–Crippen LogP) is 1.63. The molecule has 3 heterocycles. The molecule has 1 atom stereocenters. The number of fused-ring (bicyclic) bond motifs is 1. The monoisotopic (exact) mass is 288 g/mol. The Hall–Kier alpha value is -2.18. The minimum atomic E-state index is 0.256. The molecule has 2 aromatic heterocycles. The smallest absolute Gasteiger partial charge is 0.226 e. The first-order valence-corrected chi connectivity index (χ1v) is 7.23. The maximum Gasteiger partial charge on any atom is 0.226 e. The quantitative estimate of drug-likeness (QED) is 0.921. The Morgan fingerprint density at radius 3 is 3.00 bits per heavy atom. The molecular weight excluding hydrogens is 268 g/mol. The summed E-state index contributed by atoms with van der Waals surface area (Å²) in [5.74, 6) is 3.50. The molecule has 0 aromatic carbocycles. The van der Waals surface area contributed by atoms with E-state index in [9.17, 15) is 0 Å². The molecule has 0 fully saturated rings. The predicted molar refractivity (Wildman–Crippen MR) is 78.4 cm³/mol. The van der Waals surface area contributed by atoms with E-state index in [4.69, 9.17) is 4.74 Å². The van der Waals surface area contributed by atoms with Gasteiger partial charge in [-0.05, 0) is 6.42 Å². The molecular formula is C14H20N6O. The lowest BCUT2D eigenvalue weighted by molar-refractivity contribution is 0.396. The Morgan fingerprint density at radius 1 is 1.38 bits per heavy atom. The van der Waals surface area contributed by atoms with Gasteiger partial charge in [-0.3, -0.25) is 0 Å². The Balaban J connectivity index is 1.71. The van der Waals surface area contributed by atoms with Gasteiger partial charge in [0.1, 0.15) is 5.82 Å². The van der Waals surface area contributed by atoms with Crippen molar-refractivity contribution in [3.63, 3.8) is 0 Å². The van der Waals surface area contributed by atoms with Gasteiger partial charge < -0.3 is 10.1 Å². The first kappa shape index (κ1) is 13.8. The molecule has 1 aliphatic rings. The third-order valence-corrected chi connectivity index (χ3v) is 3.56. The van der Waals surface area contributed by atoms with E-state index in [1.807, 2.05) is 4.68 Å². The molecule has 7 heteroatoms. The Bertz CT molecular complexity index is 624. The second-order valence-electron chi connectivity index (χ2n) is 5.53. The lowest BCUT2D eigenvalue weighted by Crippen LogP contribution is -2.32. The molecule has 1 unspecified atom stereocenters. The van der Waals surface area contributed by atoms with Crippen LogP contribution in [0.4, 0.5) is 5.95 Å². The van der Waals surface area contributed by atoms with Crippen LogP contribution in [-0.4, -0.2) is 37.9 Å². The number of nitrogens with one attached hydrogen (secondary N) is 1. The highest BCUT2D eigenvalue weighted by molar-refractivity contribution is 5.29. The van der Waals surface area contributed by atoms with Crippen molar-refractivity contribution >= 4 is 5.95 Å². The van der Waals surface area contributed by atoms with Crippen LogP contribution in [0.15, 0.2) is 12.3 Å². The second kappa shape index (κ2) is 5.67. The maximum absolute atomic E-state index is 5.11. The largest absolute Gasteiger partial charge is 0.481 e. The highest BCUT2D eigenvalue weighted by Gasteiger charge is 2.22. The van der Waals surface area contributed by atoms with E-state index in [2.05, 4.69) is 39.2 Å². The lowest BCUT2D eigenvalue weighted by Gasteiger charge is -2.23. The molecule has 1 aliphatic heterocycles. The summed E-state index contributed by atoms with van der Waals surface area (Å²) < 4.78 is 7.11. The molecule has 21 heavy (non-hydrogen) atoms. The summed E-state index contributed by atoms with van der Waals surface area (Å²) in [6.45, 7) is 5.01. The lowest BCUT2D eigenvalue weighted by atomic mass is 10.1. The molecule has 7 nitrogen and oxygen atoms in total. The van der Waals surface area contributed by atoms with Gasteiger partial charge in [-0.25, -0.2) is 14.6 Å². The van der Waals surface area contributed by atoms with E-state index in [0.717, 1.165) is 31.0 Å². The fourth-order valence-corrected chi connectivity index (χ4v) is 2.40. The van der Waals surface area contributed by atoms with Gasteiger partial charge >= 0.3 is 0 Å². The van der Waals surface area contributed by atoms with Crippen molar-refractivity contribution in [2.24, 2.45) is 0 Å². The molecule has 0 amide bonds. The zero-order valence-corrected chi connectivity index (χ0v) is 12.6. The summed E-state index contributed by atoms with van der Waals surface area (Å²) in [6.07, 6.45) is 3.60. The number of ether oxygens (including phenoxy) is 1. The minimum absolute atomic E-state index is 0.256. The van der Waals surface area contributed by atoms with Crippen molar-refractivity contribution in [1.82, 2.24) is 24.7 Å². The van der Waals surface area contributed by atoms with Gasteiger partial charge in [-0.15, -0.1) is 0 Å². The molecule has 0 aliphatic carbocycles. The molecule has 0 saturated heterocycles. The van der Waals surface area contributed by atoms with E-state index in [1.54, 1.807) is 19.4 Å². The topological polar surface area (TPSA) is 77.8 Å². The summed E-state index contributed by atoms with van der Waals surface area (Å²) >= 11 is 0. The van der Waals surface area contributed by atoms with Crippen LogP contribution in [0, 0.1) is 0 Å². The molecule has 0 spiro atoms. The van der Waals surface area contributed by atoms with Gasteiger partial charge in [-0.1, -0.05) is 13.8 Å². The van der Waals surface area contributed by atoms with Crippen molar-refractivity contribution < 1.29 is 4.74 Å². The van der Waals surface area contributed by atoms with E-state index < -0.39 is 0 Å². The van der Waals surface area contributed by atoms with Crippen molar-refractivity contribution in [2.75, 3.05) is 12.4 Å². The highest BCUT2D eigenvalue weighted by atomic mass is 16.5. The summed E-state index contributed by atoms with van der Waals surface area (Å²) in [7, 11) is 1.60. The molecule has 0 saturated carbocycles. The van der Waals surface area contributed by atoms with Gasteiger partial charge in [0.25, 0.3) is 0 Å². The molecule has 1 N–H and O–H groups in total. The number of anilines is 1. The van der Waals surface area contributed by atoms with Crippen LogP contribution in [0.1, 0.15) is 37.8 Å². The first-order valence-electron chi connectivity index (χ1n) is 7.23. The van der Waals surface area contributed by atoms with Crippen molar-refractivity contribution in [3.8, 4) is 5.88 Å². The number of methoxy groups -OCH3 is 1. The Kier molecular flexibility index (Phi) is 3.72. The molecule has 0 bridgehead atoms. The van der Waals surface area contributed by atoms with E-state index in [-0.39, 0.29) is 6.04 Å². The van der Waals surface area contributed by atoms with Crippen LogP contribution in [0.5, 0.6) is 5.88 Å². The van der Waals surface area contributed by atoms with Crippen LogP contribution in [0.3, 0.4) is 0 Å². The fourth-order valence-electron chi connectivity index (χ4n) is 2.40. The molecule has 0 radical (unpaired) electrons. The number of nitrogens with zero attached hydrogens (tertiary/aromatic N) is 5. The van der Waals surface area contributed by atoms with E-state index in [0.29, 0.717) is 17.7 Å². The number of aryl methyl sites for hydroxylation is 1. The minimum Gasteiger partial charge on any atom is -0.481 e. The van der Waals surface area contributed by atoms with Crippen molar-refractivity contribution in [2.45, 2.75) is 45.2 Å². The van der Waals surface area contributed by atoms with Crippen LogP contribution < -0.4 is 10.1 Å². The Morgan fingerprint density at radius 2 is 2.24 bits per heavy atom. The van der Waals surface area contributed by atoms with Gasteiger partial charge in [-0.2, -0.15) is 10.1 Å². The molecule has 3 rings (SSSR count). The number of rotatable bonds is 4. The SMILES string of the molecule is COc1ccnc(NC2CCc3nc(C(C)C)nn3C2)n1.